The maximum absolute atomic E-state index is 13.8. The monoisotopic (exact) mass is 601 g/mol. The normalized spacial score (nSPS) is 12.8. The van der Waals surface area contributed by atoms with E-state index in [-0.39, 0.29) is 43.8 Å². The second kappa shape index (κ2) is 15.0. The number of carbonyl (C=O) groups excluding carboxylic acids is 2. The van der Waals surface area contributed by atoms with E-state index >= 15 is 0 Å². The van der Waals surface area contributed by atoms with Gasteiger partial charge >= 0.3 is 0 Å². The highest BCUT2D eigenvalue weighted by molar-refractivity contribution is 7.92. The van der Waals surface area contributed by atoms with Gasteiger partial charge in [-0.15, -0.1) is 0 Å². The molecule has 1 N–H and O–H groups in total. The SMILES string of the molecule is CC[C@H](C)NC(=O)[C@H](Cc1ccccc1)N(Cc1ccccc1Cl)C(=O)CCCN(c1ccc(F)cc1)S(C)(=O)=O. The molecule has 2 amide bonds. The van der Waals surface area contributed by atoms with Crippen molar-refractivity contribution in [1.29, 1.82) is 0 Å². The molecule has 0 bridgehead atoms. The summed E-state index contributed by atoms with van der Waals surface area (Å²) < 4.78 is 39.6. The third kappa shape index (κ3) is 9.57. The van der Waals surface area contributed by atoms with Gasteiger partial charge in [0.15, 0.2) is 0 Å². The van der Waals surface area contributed by atoms with Gasteiger partial charge in [-0.3, -0.25) is 13.9 Å². The molecule has 41 heavy (non-hydrogen) atoms. The molecule has 7 nitrogen and oxygen atoms in total. The van der Waals surface area contributed by atoms with Crippen LogP contribution in [-0.4, -0.2) is 50.0 Å². The third-order valence-electron chi connectivity index (χ3n) is 6.84. The maximum Gasteiger partial charge on any atom is 0.243 e. The van der Waals surface area contributed by atoms with Crippen molar-refractivity contribution in [2.75, 3.05) is 17.1 Å². The smallest absolute Gasteiger partial charge is 0.243 e. The van der Waals surface area contributed by atoms with Crippen molar-refractivity contribution in [2.24, 2.45) is 0 Å². The zero-order chi connectivity index (χ0) is 30.0. The lowest BCUT2D eigenvalue weighted by molar-refractivity contribution is -0.141. The van der Waals surface area contributed by atoms with Gasteiger partial charge in [0, 0.05) is 37.0 Å². The number of halogens is 2. The molecule has 0 aliphatic carbocycles. The molecule has 0 spiro atoms. The number of anilines is 1. The van der Waals surface area contributed by atoms with E-state index in [1.54, 1.807) is 12.1 Å². The molecular weight excluding hydrogens is 565 g/mol. The standard InChI is InChI=1S/C31H37ClFN3O4S/c1-4-23(2)34-31(38)29(21-24-11-6-5-7-12-24)35(22-25-13-8-9-14-28(25)32)30(37)15-10-20-36(41(3,39)40)27-18-16-26(33)17-19-27/h5-9,11-14,16-19,23,29H,4,10,15,20-22H2,1-3H3,(H,34,38)/t23-,29-/m0/s1. The van der Waals surface area contributed by atoms with Crippen LogP contribution in [0.1, 0.15) is 44.2 Å². The van der Waals surface area contributed by atoms with Crippen LogP contribution in [0.25, 0.3) is 0 Å². The zero-order valence-electron chi connectivity index (χ0n) is 23.6. The number of nitrogens with one attached hydrogen (secondary N) is 1. The van der Waals surface area contributed by atoms with Crippen LogP contribution in [0.15, 0.2) is 78.9 Å². The van der Waals surface area contributed by atoms with Crippen LogP contribution in [0.4, 0.5) is 10.1 Å². The van der Waals surface area contributed by atoms with Crippen molar-refractivity contribution in [2.45, 2.75) is 58.2 Å². The lowest BCUT2D eigenvalue weighted by atomic mass is 10.0. The molecule has 3 aromatic rings. The first kappa shape index (κ1) is 32.1. The predicted octanol–water partition coefficient (Wildman–Crippen LogP) is 5.58. The minimum Gasteiger partial charge on any atom is -0.352 e. The minimum absolute atomic E-state index is 0.0125. The number of nitrogens with zero attached hydrogens (tertiary/aromatic N) is 2. The highest BCUT2D eigenvalue weighted by atomic mass is 35.5. The van der Waals surface area contributed by atoms with Gasteiger partial charge in [-0.1, -0.05) is 67.1 Å². The van der Waals surface area contributed by atoms with Gasteiger partial charge in [-0.05, 0) is 61.2 Å². The molecular formula is C31H37ClFN3O4S. The van der Waals surface area contributed by atoms with E-state index in [1.807, 2.05) is 56.3 Å². The third-order valence-corrected chi connectivity index (χ3v) is 8.40. The number of benzene rings is 3. The average Bonchev–Trinajstić information content (AvgIpc) is 2.94. The number of hydrogen-bond acceptors (Lipinski definition) is 4. The fourth-order valence-electron chi connectivity index (χ4n) is 4.42. The van der Waals surface area contributed by atoms with Crippen molar-refractivity contribution >= 4 is 39.1 Å². The van der Waals surface area contributed by atoms with E-state index in [0.717, 1.165) is 22.5 Å². The van der Waals surface area contributed by atoms with Crippen LogP contribution in [-0.2, 0) is 32.6 Å². The average molecular weight is 602 g/mol. The summed E-state index contributed by atoms with van der Waals surface area (Å²) in [5.41, 5.74) is 1.90. The number of carbonyl (C=O) groups is 2. The highest BCUT2D eigenvalue weighted by Gasteiger charge is 2.31. The van der Waals surface area contributed by atoms with Crippen molar-refractivity contribution in [1.82, 2.24) is 10.2 Å². The zero-order valence-corrected chi connectivity index (χ0v) is 25.2. The number of rotatable bonds is 14. The van der Waals surface area contributed by atoms with Gasteiger partial charge in [0.1, 0.15) is 11.9 Å². The first-order valence-electron chi connectivity index (χ1n) is 13.6. The van der Waals surface area contributed by atoms with Crippen LogP contribution < -0.4 is 9.62 Å². The van der Waals surface area contributed by atoms with Crippen LogP contribution in [0, 0.1) is 5.82 Å². The molecule has 3 rings (SSSR count). The molecule has 0 fully saturated rings. The number of hydrogen-bond donors (Lipinski definition) is 1. The van der Waals surface area contributed by atoms with Crippen molar-refractivity contribution < 1.29 is 22.4 Å². The van der Waals surface area contributed by atoms with E-state index in [1.165, 1.54) is 29.2 Å². The van der Waals surface area contributed by atoms with Crippen LogP contribution in [0.3, 0.4) is 0 Å². The second-order valence-corrected chi connectivity index (χ2v) is 12.4. The molecule has 0 saturated heterocycles. The number of sulfonamides is 1. The van der Waals surface area contributed by atoms with Crippen LogP contribution in [0.2, 0.25) is 5.02 Å². The molecule has 0 unspecified atom stereocenters. The molecule has 0 heterocycles. The number of amides is 2. The van der Waals surface area contributed by atoms with Gasteiger partial charge in [-0.25, -0.2) is 12.8 Å². The summed E-state index contributed by atoms with van der Waals surface area (Å²) in [6.45, 7) is 4.00. The fraction of sp³-hybridized carbons (Fsp3) is 0.355. The molecule has 10 heteroatoms. The van der Waals surface area contributed by atoms with Gasteiger partial charge < -0.3 is 10.2 Å². The van der Waals surface area contributed by atoms with Gasteiger partial charge in [0.25, 0.3) is 0 Å². The summed E-state index contributed by atoms with van der Waals surface area (Å²) in [5, 5.41) is 3.50. The molecule has 0 aliphatic heterocycles. The Bertz CT molecular complexity index is 1400. The van der Waals surface area contributed by atoms with Crippen molar-refractivity contribution in [3.63, 3.8) is 0 Å². The van der Waals surface area contributed by atoms with Crippen molar-refractivity contribution in [3.8, 4) is 0 Å². The van der Waals surface area contributed by atoms with E-state index in [4.69, 9.17) is 11.6 Å². The molecule has 0 aliphatic rings. The van der Waals surface area contributed by atoms with Gasteiger partial charge in [0.05, 0.1) is 11.9 Å². The minimum atomic E-state index is -3.69. The molecule has 0 aromatic heterocycles. The summed E-state index contributed by atoms with van der Waals surface area (Å²) in [7, 11) is -3.69. The van der Waals surface area contributed by atoms with Gasteiger partial charge in [-0.2, -0.15) is 0 Å². The Hall–Kier alpha value is -3.43. The van der Waals surface area contributed by atoms with Crippen LogP contribution >= 0.6 is 11.6 Å². The van der Waals surface area contributed by atoms with E-state index in [0.29, 0.717) is 22.7 Å². The van der Waals surface area contributed by atoms with Gasteiger partial charge in [0.2, 0.25) is 21.8 Å². The molecule has 0 radical (unpaired) electrons. The first-order valence-corrected chi connectivity index (χ1v) is 15.8. The van der Waals surface area contributed by atoms with E-state index in [9.17, 15) is 22.4 Å². The van der Waals surface area contributed by atoms with E-state index < -0.39 is 21.9 Å². The maximum atomic E-state index is 13.8. The topological polar surface area (TPSA) is 86.8 Å². The summed E-state index contributed by atoms with van der Waals surface area (Å²) in [6, 6.07) is 20.9. The summed E-state index contributed by atoms with van der Waals surface area (Å²) in [5.74, 6) is -1.06. The summed E-state index contributed by atoms with van der Waals surface area (Å²) in [6.07, 6.45) is 2.27. The molecule has 2 atom stereocenters. The lowest BCUT2D eigenvalue weighted by Crippen LogP contribution is -2.52. The molecule has 3 aromatic carbocycles. The quantitative estimate of drug-likeness (QED) is 0.261. The first-order chi connectivity index (χ1) is 19.5. The second-order valence-electron chi connectivity index (χ2n) is 10.1. The molecule has 0 saturated carbocycles. The largest absolute Gasteiger partial charge is 0.352 e. The van der Waals surface area contributed by atoms with Crippen LogP contribution in [0.5, 0.6) is 0 Å². The Morgan fingerprint density at radius 1 is 0.976 bits per heavy atom. The fourth-order valence-corrected chi connectivity index (χ4v) is 5.58. The Balaban J connectivity index is 1.89. The summed E-state index contributed by atoms with van der Waals surface area (Å²) in [4.78, 5) is 29.0. The van der Waals surface area contributed by atoms with E-state index in [2.05, 4.69) is 5.32 Å². The Labute approximate surface area is 247 Å². The molecule has 220 valence electrons. The lowest BCUT2D eigenvalue weighted by Gasteiger charge is -2.33. The predicted molar refractivity (Wildman–Crippen MR) is 162 cm³/mol. The summed E-state index contributed by atoms with van der Waals surface area (Å²) >= 11 is 6.46. The Morgan fingerprint density at radius 2 is 1.61 bits per heavy atom. The highest BCUT2D eigenvalue weighted by Crippen LogP contribution is 2.23. The van der Waals surface area contributed by atoms with Crippen molar-refractivity contribution in [3.05, 3.63) is 101 Å². The Kier molecular flexibility index (Phi) is 11.7. The Morgan fingerprint density at radius 3 is 2.22 bits per heavy atom.